The number of carbonyl (C=O) groups is 1. The molecule has 0 aliphatic carbocycles. The Morgan fingerprint density at radius 1 is 1.00 bits per heavy atom. The fourth-order valence-corrected chi connectivity index (χ4v) is 2.59. The highest BCUT2D eigenvalue weighted by Gasteiger charge is 2.14. The minimum absolute atomic E-state index is 0.0262. The first-order valence-corrected chi connectivity index (χ1v) is 7.22. The predicted octanol–water partition coefficient (Wildman–Crippen LogP) is 0.836. The van der Waals surface area contributed by atoms with E-state index in [4.69, 9.17) is 5.73 Å². The van der Waals surface area contributed by atoms with Gasteiger partial charge < -0.3 is 5.73 Å². The minimum Gasteiger partial charge on any atom is -0.368 e. The summed E-state index contributed by atoms with van der Waals surface area (Å²) in [5.74, 6) is -1.09. The first-order chi connectivity index (χ1) is 11.5. The zero-order valence-corrected chi connectivity index (χ0v) is 12.6. The summed E-state index contributed by atoms with van der Waals surface area (Å²) in [4.78, 5) is 36.6. The lowest BCUT2D eigenvalue weighted by molar-refractivity contribution is -0.118. The number of benzene rings is 2. The lowest BCUT2D eigenvalue weighted by Crippen LogP contribution is -2.42. The van der Waals surface area contributed by atoms with E-state index >= 15 is 0 Å². The van der Waals surface area contributed by atoms with Gasteiger partial charge in [0.15, 0.2) is 0 Å². The molecule has 7 heteroatoms. The van der Waals surface area contributed by atoms with Gasteiger partial charge in [-0.1, -0.05) is 24.3 Å². The fourth-order valence-electron chi connectivity index (χ4n) is 2.59. The molecule has 0 aliphatic heterocycles. The fraction of sp³-hybridized carbons (Fsp3) is 0.118. The summed E-state index contributed by atoms with van der Waals surface area (Å²) in [6.45, 7) is -0.357. The van der Waals surface area contributed by atoms with Crippen molar-refractivity contribution < 1.29 is 9.18 Å². The number of hydrogen-bond donors (Lipinski definition) is 1. The third kappa shape index (κ3) is 2.83. The number of hydrogen-bond acceptors (Lipinski definition) is 3. The third-order valence-electron chi connectivity index (χ3n) is 3.70. The van der Waals surface area contributed by atoms with E-state index in [1.54, 1.807) is 24.3 Å². The summed E-state index contributed by atoms with van der Waals surface area (Å²) in [7, 11) is 0. The van der Waals surface area contributed by atoms with E-state index < -0.39 is 23.0 Å². The molecule has 0 bridgehead atoms. The van der Waals surface area contributed by atoms with Crippen molar-refractivity contribution in [2.45, 2.75) is 13.1 Å². The lowest BCUT2D eigenvalue weighted by atomic mass is 10.2. The van der Waals surface area contributed by atoms with Gasteiger partial charge >= 0.3 is 5.69 Å². The van der Waals surface area contributed by atoms with Crippen molar-refractivity contribution in [3.05, 3.63) is 80.7 Å². The first-order valence-electron chi connectivity index (χ1n) is 7.22. The molecule has 6 nitrogen and oxygen atoms in total. The van der Waals surface area contributed by atoms with Crippen LogP contribution in [0.5, 0.6) is 0 Å². The van der Waals surface area contributed by atoms with Crippen LogP contribution in [0, 0.1) is 5.82 Å². The van der Waals surface area contributed by atoms with Crippen LogP contribution in [0.15, 0.2) is 58.1 Å². The van der Waals surface area contributed by atoms with Gasteiger partial charge in [-0.2, -0.15) is 0 Å². The zero-order chi connectivity index (χ0) is 17.3. The van der Waals surface area contributed by atoms with Crippen LogP contribution in [0.4, 0.5) is 4.39 Å². The van der Waals surface area contributed by atoms with E-state index in [1.807, 2.05) is 0 Å². The molecule has 1 heterocycles. The van der Waals surface area contributed by atoms with Crippen molar-refractivity contribution in [3.63, 3.8) is 0 Å². The Bertz CT molecular complexity index is 1040. The number of fused-ring (bicyclic) bond motifs is 1. The normalized spacial score (nSPS) is 10.9. The Kier molecular flexibility index (Phi) is 3.99. The Morgan fingerprint density at radius 3 is 2.33 bits per heavy atom. The molecule has 24 heavy (non-hydrogen) atoms. The van der Waals surface area contributed by atoms with Gasteiger partial charge in [0.25, 0.3) is 5.56 Å². The molecular weight excluding hydrogens is 313 g/mol. The summed E-state index contributed by atoms with van der Waals surface area (Å²) >= 11 is 0. The molecule has 0 saturated carbocycles. The Labute approximate surface area is 135 Å². The van der Waals surface area contributed by atoms with Gasteiger partial charge in [0.2, 0.25) is 5.91 Å². The number of amides is 1. The molecule has 2 aromatic carbocycles. The molecule has 0 spiro atoms. The highest BCUT2D eigenvalue weighted by Crippen LogP contribution is 2.09. The molecule has 2 N–H and O–H groups in total. The lowest BCUT2D eigenvalue weighted by Gasteiger charge is -2.13. The largest absolute Gasteiger partial charge is 0.368 e. The van der Waals surface area contributed by atoms with Gasteiger partial charge in [0.05, 0.1) is 17.4 Å². The van der Waals surface area contributed by atoms with Crippen LogP contribution in [0.25, 0.3) is 10.9 Å². The molecule has 0 unspecified atom stereocenters. The molecular formula is C17H14FN3O3. The van der Waals surface area contributed by atoms with E-state index in [-0.39, 0.29) is 13.1 Å². The number of nitrogens with zero attached hydrogens (tertiary/aromatic N) is 2. The second kappa shape index (κ2) is 6.11. The van der Waals surface area contributed by atoms with Crippen molar-refractivity contribution in [3.8, 4) is 0 Å². The molecule has 1 amide bonds. The van der Waals surface area contributed by atoms with Gasteiger partial charge in [-0.05, 0) is 29.8 Å². The van der Waals surface area contributed by atoms with Gasteiger partial charge in [-0.3, -0.25) is 18.7 Å². The van der Waals surface area contributed by atoms with Crippen LogP contribution >= 0.6 is 0 Å². The highest BCUT2D eigenvalue weighted by molar-refractivity contribution is 5.80. The molecule has 1 aromatic heterocycles. The molecule has 0 radical (unpaired) electrons. The van der Waals surface area contributed by atoms with Crippen LogP contribution < -0.4 is 17.0 Å². The standard InChI is InChI=1S/C17H14FN3O3/c18-12-7-5-11(6-8-12)9-21-16(23)13-3-1-2-4-14(13)20(17(21)24)10-15(19)22/h1-8H,9-10H2,(H2,19,22). The van der Waals surface area contributed by atoms with Crippen LogP contribution in [0.1, 0.15) is 5.56 Å². The SMILES string of the molecule is NC(=O)Cn1c(=O)n(Cc2ccc(F)cc2)c(=O)c2ccccc21. The number of halogens is 1. The van der Waals surface area contributed by atoms with E-state index in [9.17, 15) is 18.8 Å². The summed E-state index contributed by atoms with van der Waals surface area (Å²) in [6.07, 6.45) is 0. The van der Waals surface area contributed by atoms with E-state index in [0.717, 1.165) is 4.57 Å². The number of nitrogens with two attached hydrogens (primary N) is 1. The Morgan fingerprint density at radius 2 is 1.67 bits per heavy atom. The number of carbonyl (C=O) groups excluding carboxylic acids is 1. The molecule has 0 fully saturated rings. The monoisotopic (exact) mass is 327 g/mol. The van der Waals surface area contributed by atoms with Crippen LogP contribution in [-0.4, -0.2) is 15.0 Å². The number of primary amides is 1. The number of para-hydroxylation sites is 1. The summed E-state index contributed by atoms with van der Waals surface area (Å²) in [5.41, 5.74) is 5.05. The summed E-state index contributed by atoms with van der Waals surface area (Å²) in [5, 5.41) is 0.306. The maximum absolute atomic E-state index is 13.0. The average molecular weight is 327 g/mol. The Hall–Kier alpha value is -3.22. The molecule has 0 saturated heterocycles. The first kappa shape index (κ1) is 15.7. The predicted molar refractivity (Wildman–Crippen MR) is 87.2 cm³/mol. The number of aromatic nitrogens is 2. The highest BCUT2D eigenvalue weighted by atomic mass is 19.1. The minimum atomic E-state index is -0.686. The molecule has 3 rings (SSSR count). The van der Waals surface area contributed by atoms with Crippen molar-refractivity contribution in [2.24, 2.45) is 5.73 Å². The third-order valence-corrected chi connectivity index (χ3v) is 3.70. The van der Waals surface area contributed by atoms with Crippen LogP contribution in [0.3, 0.4) is 0 Å². The van der Waals surface area contributed by atoms with Gasteiger partial charge in [-0.25, -0.2) is 9.18 Å². The van der Waals surface area contributed by atoms with Gasteiger partial charge in [0, 0.05) is 0 Å². The van der Waals surface area contributed by atoms with Gasteiger partial charge in [-0.15, -0.1) is 0 Å². The molecule has 0 aliphatic rings. The molecule has 0 atom stereocenters. The average Bonchev–Trinajstić information content (AvgIpc) is 2.57. The summed E-state index contributed by atoms with van der Waals surface area (Å²) < 4.78 is 15.2. The molecule has 122 valence electrons. The van der Waals surface area contributed by atoms with Crippen molar-refractivity contribution in [1.29, 1.82) is 0 Å². The van der Waals surface area contributed by atoms with Crippen molar-refractivity contribution in [1.82, 2.24) is 9.13 Å². The topological polar surface area (TPSA) is 87.1 Å². The smallest absolute Gasteiger partial charge is 0.332 e. The quantitative estimate of drug-likeness (QED) is 0.770. The van der Waals surface area contributed by atoms with Gasteiger partial charge in [0.1, 0.15) is 12.4 Å². The van der Waals surface area contributed by atoms with Crippen molar-refractivity contribution in [2.75, 3.05) is 0 Å². The maximum atomic E-state index is 13.0. The number of rotatable bonds is 4. The second-order valence-corrected chi connectivity index (χ2v) is 5.37. The Balaban J connectivity index is 2.23. The van der Waals surface area contributed by atoms with Crippen LogP contribution in [-0.2, 0) is 17.9 Å². The zero-order valence-electron chi connectivity index (χ0n) is 12.6. The van der Waals surface area contributed by atoms with E-state index in [1.165, 1.54) is 28.8 Å². The van der Waals surface area contributed by atoms with E-state index in [2.05, 4.69) is 0 Å². The van der Waals surface area contributed by atoms with Crippen molar-refractivity contribution >= 4 is 16.8 Å². The van der Waals surface area contributed by atoms with Crippen LogP contribution in [0.2, 0.25) is 0 Å². The summed E-state index contributed by atoms with van der Waals surface area (Å²) in [6, 6.07) is 12.0. The molecule has 3 aromatic rings. The van der Waals surface area contributed by atoms with E-state index in [0.29, 0.717) is 16.5 Å². The second-order valence-electron chi connectivity index (χ2n) is 5.37. The maximum Gasteiger partial charge on any atom is 0.332 e.